The molecular formula is C18H19ClN2O3. The van der Waals surface area contributed by atoms with Gasteiger partial charge < -0.3 is 15.4 Å². The molecule has 24 heavy (non-hydrogen) atoms. The number of hydrogen-bond acceptors (Lipinski definition) is 3. The van der Waals surface area contributed by atoms with E-state index in [4.69, 9.17) is 16.3 Å². The zero-order valence-electron chi connectivity index (χ0n) is 13.3. The minimum absolute atomic E-state index is 0.0886. The molecule has 0 fully saturated rings. The number of benzene rings is 2. The summed E-state index contributed by atoms with van der Waals surface area (Å²) >= 11 is 5.76. The monoisotopic (exact) mass is 346 g/mol. The number of amides is 2. The van der Waals surface area contributed by atoms with Gasteiger partial charge >= 0.3 is 0 Å². The standard InChI is InChI=1S/C18H19ClN2O3/c1-13-4-2-3-5-14(13)10-20-17(22)11-21-18(23)12-24-16-8-6-15(19)7-9-16/h2-9H,10-12H2,1H3,(H,20,22)(H,21,23). The first-order valence-electron chi connectivity index (χ1n) is 7.51. The quantitative estimate of drug-likeness (QED) is 0.809. The summed E-state index contributed by atoms with van der Waals surface area (Å²) in [4.78, 5) is 23.4. The van der Waals surface area contributed by atoms with Gasteiger partial charge in [0.15, 0.2) is 6.61 Å². The Bertz CT molecular complexity index is 702. The van der Waals surface area contributed by atoms with Gasteiger partial charge in [0.05, 0.1) is 6.54 Å². The van der Waals surface area contributed by atoms with E-state index in [1.165, 1.54) is 0 Å². The summed E-state index contributed by atoms with van der Waals surface area (Å²) in [5.41, 5.74) is 2.15. The van der Waals surface area contributed by atoms with Gasteiger partial charge in [0.25, 0.3) is 5.91 Å². The number of carbonyl (C=O) groups is 2. The molecule has 0 bridgehead atoms. The van der Waals surface area contributed by atoms with E-state index in [0.717, 1.165) is 11.1 Å². The second kappa shape index (κ2) is 8.93. The van der Waals surface area contributed by atoms with Crippen LogP contribution in [-0.4, -0.2) is 25.0 Å². The van der Waals surface area contributed by atoms with Gasteiger partial charge in [-0.15, -0.1) is 0 Å². The van der Waals surface area contributed by atoms with Crippen molar-refractivity contribution in [3.63, 3.8) is 0 Å². The van der Waals surface area contributed by atoms with E-state index in [1.54, 1.807) is 24.3 Å². The molecule has 2 aromatic rings. The Labute approximate surface area is 146 Å². The first-order valence-corrected chi connectivity index (χ1v) is 7.88. The van der Waals surface area contributed by atoms with Crippen molar-refractivity contribution in [3.05, 3.63) is 64.7 Å². The number of carbonyl (C=O) groups excluding carboxylic acids is 2. The van der Waals surface area contributed by atoms with Crippen molar-refractivity contribution in [3.8, 4) is 5.75 Å². The molecule has 2 N–H and O–H groups in total. The van der Waals surface area contributed by atoms with E-state index in [0.29, 0.717) is 17.3 Å². The van der Waals surface area contributed by atoms with Gasteiger partial charge in [0.1, 0.15) is 5.75 Å². The molecule has 2 rings (SSSR count). The van der Waals surface area contributed by atoms with Crippen molar-refractivity contribution in [2.75, 3.05) is 13.2 Å². The molecular weight excluding hydrogens is 328 g/mol. The number of rotatable bonds is 7. The summed E-state index contributed by atoms with van der Waals surface area (Å²) in [5, 5.41) is 5.87. The van der Waals surface area contributed by atoms with Crippen LogP contribution in [0.5, 0.6) is 5.75 Å². The van der Waals surface area contributed by atoms with E-state index < -0.39 is 0 Å². The molecule has 6 heteroatoms. The molecule has 0 radical (unpaired) electrons. The normalized spacial score (nSPS) is 10.1. The number of nitrogens with one attached hydrogen (secondary N) is 2. The zero-order valence-corrected chi connectivity index (χ0v) is 14.1. The lowest BCUT2D eigenvalue weighted by molar-refractivity contribution is -0.127. The maximum Gasteiger partial charge on any atom is 0.258 e. The van der Waals surface area contributed by atoms with Crippen LogP contribution >= 0.6 is 11.6 Å². The van der Waals surface area contributed by atoms with E-state index in [-0.39, 0.29) is 25.0 Å². The van der Waals surface area contributed by atoms with Crippen LogP contribution in [0.4, 0.5) is 0 Å². The van der Waals surface area contributed by atoms with Gasteiger partial charge in [0, 0.05) is 11.6 Å². The minimum atomic E-state index is -0.365. The van der Waals surface area contributed by atoms with Crippen LogP contribution < -0.4 is 15.4 Å². The third-order valence-corrected chi connectivity index (χ3v) is 3.62. The topological polar surface area (TPSA) is 67.4 Å². The molecule has 5 nitrogen and oxygen atoms in total. The van der Waals surface area contributed by atoms with Crippen molar-refractivity contribution >= 4 is 23.4 Å². The van der Waals surface area contributed by atoms with Gasteiger partial charge in [-0.3, -0.25) is 9.59 Å². The first kappa shape index (κ1) is 17.8. The van der Waals surface area contributed by atoms with Crippen molar-refractivity contribution in [2.24, 2.45) is 0 Å². The molecule has 0 heterocycles. The molecule has 0 atom stereocenters. The number of aryl methyl sites for hydroxylation is 1. The molecule has 0 aliphatic rings. The molecule has 126 valence electrons. The van der Waals surface area contributed by atoms with Crippen molar-refractivity contribution in [1.29, 1.82) is 0 Å². The van der Waals surface area contributed by atoms with E-state index >= 15 is 0 Å². The van der Waals surface area contributed by atoms with Crippen LogP contribution in [0.3, 0.4) is 0 Å². The Hall–Kier alpha value is -2.53. The first-order chi connectivity index (χ1) is 11.5. The largest absolute Gasteiger partial charge is 0.484 e. The van der Waals surface area contributed by atoms with Crippen LogP contribution in [0, 0.1) is 6.92 Å². The Morgan fingerprint density at radius 1 is 1.00 bits per heavy atom. The van der Waals surface area contributed by atoms with Gasteiger partial charge in [-0.05, 0) is 42.3 Å². The van der Waals surface area contributed by atoms with Gasteiger partial charge in [-0.1, -0.05) is 35.9 Å². The highest BCUT2D eigenvalue weighted by atomic mass is 35.5. The van der Waals surface area contributed by atoms with Crippen LogP contribution in [0.2, 0.25) is 5.02 Å². The summed E-state index contributed by atoms with van der Waals surface area (Å²) in [6.07, 6.45) is 0. The van der Waals surface area contributed by atoms with Crippen LogP contribution in [0.1, 0.15) is 11.1 Å². The van der Waals surface area contributed by atoms with E-state index in [9.17, 15) is 9.59 Å². The summed E-state index contributed by atoms with van der Waals surface area (Å²) in [5.74, 6) is -0.0763. The smallest absolute Gasteiger partial charge is 0.258 e. The van der Waals surface area contributed by atoms with Gasteiger partial charge in [-0.25, -0.2) is 0 Å². The zero-order chi connectivity index (χ0) is 17.4. The third kappa shape index (κ3) is 5.93. The maximum atomic E-state index is 11.8. The molecule has 0 spiro atoms. The second-order valence-corrected chi connectivity index (χ2v) is 5.66. The molecule has 2 amide bonds. The van der Waals surface area contributed by atoms with Crippen LogP contribution in [0.25, 0.3) is 0 Å². The van der Waals surface area contributed by atoms with E-state index in [1.807, 2.05) is 31.2 Å². The van der Waals surface area contributed by atoms with Crippen molar-refractivity contribution in [1.82, 2.24) is 10.6 Å². The minimum Gasteiger partial charge on any atom is -0.484 e. The molecule has 0 saturated carbocycles. The fourth-order valence-electron chi connectivity index (χ4n) is 1.97. The summed E-state index contributed by atoms with van der Waals surface area (Å²) in [7, 11) is 0. The lowest BCUT2D eigenvalue weighted by Gasteiger charge is -2.09. The molecule has 0 aliphatic carbocycles. The predicted octanol–water partition coefficient (Wildman–Crippen LogP) is 2.46. The Balaban J connectivity index is 1.66. The fraction of sp³-hybridized carbons (Fsp3) is 0.222. The number of hydrogen-bond donors (Lipinski definition) is 2. The van der Waals surface area contributed by atoms with Gasteiger partial charge in [0.2, 0.25) is 5.91 Å². The summed E-state index contributed by atoms with van der Waals surface area (Å²) in [6.45, 7) is 2.17. The van der Waals surface area contributed by atoms with Crippen molar-refractivity contribution in [2.45, 2.75) is 13.5 Å². The lowest BCUT2D eigenvalue weighted by atomic mass is 10.1. The van der Waals surface area contributed by atoms with Gasteiger partial charge in [-0.2, -0.15) is 0 Å². The van der Waals surface area contributed by atoms with Crippen LogP contribution in [-0.2, 0) is 16.1 Å². The SMILES string of the molecule is Cc1ccccc1CNC(=O)CNC(=O)COc1ccc(Cl)cc1. The highest BCUT2D eigenvalue weighted by molar-refractivity contribution is 6.30. The fourth-order valence-corrected chi connectivity index (χ4v) is 2.10. The maximum absolute atomic E-state index is 11.8. The summed E-state index contributed by atoms with van der Waals surface area (Å²) in [6, 6.07) is 14.5. The predicted molar refractivity (Wildman–Crippen MR) is 93.0 cm³/mol. The Morgan fingerprint density at radius 2 is 1.71 bits per heavy atom. The third-order valence-electron chi connectivity index (χ3n) is 3.37. The van der Waals surface area contributed by atoms with Crippen molar-refractivity contribution < 1.29 is 14.3 Å². The molecule has 0 aliphatic heterocycles. The molecule has 0 unspecified atom stereocenters. The second-order valence-electron chi connectivity index (χ2n) is 5.22. The van der Waals surface area contributed by atoms with Crippen LogP contribution in [0.15, 0.2) is 48.5 Å². The Morgan fingerprint density at radius 3 is 2.42 bits per heavy atom. The molecule has 0 saturated heterocycles. The molecule has 0 aromatic heterocycles. The highest BCUT2D eigenvalue weighted by Crippen LogP contribution is 2.15. The Kier molecular flexibility index (Phi) is 6.63. The number of halogens is 1. The summed E-state index contributed by atoms with van der Waals surface area (Å²) < 4.78 is 5.30. The van der Waals surface area contributed by atoms with E-state index in [2.05, 4.69) is 10.6 Å². The average molecular weight is 347 g/mol. The highest BCUT2D eigenvalue weighted by Gasteiger charge is 2.07. The lowest BCUT2D eigenvalue weighted by Crippen LogP contribution is -2.38. The average Bonchev–Trinajstić information content (AvgIpc) is 2.58. The number of ether oxygens (including phenoxy) is 1. The molecule has 2 aromatic carbocycles.